The van der Waals surface area contributed by atoms with Crippen LogP contribution in [0.15, 0.2) is 35.2 Å². The number of carbonyl (C=O) groups is 1. The SMILES string of the molecule is COc1ccc(S(=O)(=O)N(C)CC(=O)N[C@@H](C)c2cc(C)c(C)cc2C)cc1Cl. The number of benzene rings is 2. The fraction of sp³-hybridized carbons (Fsp3) is 0.381. The van der Waals surface area contributed by atoms with Gasteiger partial charge in [-0.05, 0) is 68.1 Å². The Labute approximate surface area is 177 Å². The first kappa shape index (κ1) is 23.2. The lowest BCUT2D eigenvalue weighted by molar-refractivity contribution is -0.121. The van der Waals surface area contributed by atoms with Crippen LogP contribution in [0, 0.1) is 20.8 Å². The van der Waals surface area contributed by atoms with Crippen LogP contribution in [-0.4, -0.2) is 39.3 Å². The Balaban J connectivity index is 2.11. The van der Waals surface area contributed by atoms with E-state index < -0.39 is 10.0 Å². The van der Waals surface area contributed by atoms with Crippen molar-refractivity contribution in [1.82, 2.24) is 9.62 Å². The van der Waals surface area contributed by atoms with Crippen LogP contribution in [0.3, 0.4) is 0 Å². The van der Waals surface area contributed by atoms with E-state index in [9.17, 15) is 13.2 Å². The molecule has 29 heavy (non-hydrogen) atoms. The predicted molar refractivity (Wildman–Crippen MR) is 115 cm³/mol. The highest BCUT2D eigenvalue weighted by Crippen LogP contribution is 2.28. The molecule has 6 nitrogen and oxygen atoms in total. The highest BCUT2D eigenvalue weighted by molar-refractivity contribution is 7.89. The van der Waals surface area contributed by atoms with Crippen molar-refractivity contribution in [3.05, 3.63) is 57.6 Å². The van der Waals surface area contributed by atoms with Crippen LogP contribution in [0.1, 0.15) is 35.2 Å². The van der Waals surface area contributed by atoms with Gasteiger partial charge in [0.25, 0.3) is 0 Å². The number of amides is 1. The molecule has 0 aliphatic carbocycles. The number of halogens is 1. The minimum atomic E-state index is -3.87. The zero-order valence-electron chi connectivity index (χ0n) is 17.5. The van der Waals surface area contributed by atoms with Crippen molar-refractivity contribution < 1.29 is 17.9 Å². The van der Waals surface area contributed by atoms with Gasteiger partial charge < -0.3 is 10.1 Å². The maximum absolute atomic E-state index is 12.8. The Morgan fingerprint density at radius 3 is 2.34 bits per heavy atom. The summed E-state index contributed by atoms with van der Waals surface area (Å²) in [6, 6.07) is 8.08. The lowest BCUT2D eigenvalue weighted by Gasteiger charge is -2.21. The normalized spacial score (nSPS) is 12.7. The molecule has 8 heteroatoms. The molecule has 0 unspecified atom stereocenters. The van der Waals surface area contributed by atoms with E-state index >= 15 is 0 Å². The first-order valence-corrected chi connectivity index (χ1v) is 11.0. The monoisotopic (exact) mass is 438 g/mol. The van der Waals surface area contributed by atoms with Crippen LogP contribution < -0.4 is 10.1 Å². The topological polar surface area (TPSA) is 75.7 Å². The van der Waals surface area contributed by atoms with E-state index in [0.29, 0.717) is 5.75 Å². The van der Waals surface area contributed by atoms with E-state index in [0.717, 1.165) is 21.0 Å². The smallest absolute Gasteiger partial charge is 0.243 e. The molecule has 0 spiro atoms. The number of sulfonamides is 1. The lowest BCUT2D eigenvalue weighted by Crippen LogP contribution is -2.39. The molecule has 2 rings (SSSR count). The average Bonchev–Trinajstić information content (AvgIpc) is 2.64. The Kier molecular flexibility index (Phi) is 7.32. The van der Waals surface area contributed by atoms with Crippen molar-refractivity contribution in [3.8, 4) is 5.75 Å². The van der Waals surface area contributed by atoms with Crippen LogP contribution in [0.2, 0.25) is 5.02 Å². The summed E-state index contributed by atoms with van der Waals surface area (Å²) < 4.78 is 31.6. The van der Waals surface area contributed by atoms with Crippen molar-refractivity contribution in [2.24, 2.45) is 0 Å². The second kappa shape index (κ2) is 9.15. The molecular formula is C21H27ClN2O4S. The zero-order chi connectivity index (χ0) is 21.9. The standard InChI is InChI=1S/C21H27ClN2O4S/c1-13-9-15(3)18(10-14(13)2)16(4)23-21(25)12-24(5)29(26,27)17-7-8-20(28-6)19(22)11-17/h7-11,16H,12H2,1-6H3,(H,23,25)/t16-/m0/s1. The fourth-order valence-corrected chi connectivity index (χ4v) is 4.57. The third-order valence-corrected chi connectivity index (χ3v) is 7.02. The summed E-state index contributed by atoms with van der Waals surface area (Å²) in [5.74, 6) is -0.00981. The summed E-state index contributed by atoms with van der Waals surface area (Å²) in [4.78, 5) is 12.5. The fourth-order valence-electron chi connectivity index (χ4n) is 3.09. The van der Waals surface area contributed by atoms with Gasteiger partial charge in [0.15, 0.2) is 0 Å². The van der Waals surface area contributed by atoms with Gasteiger partial charge in [0.05, 0.1) is 29.6 Å². The molecule has 1 N–H and O–H groups in total. The number of ether oxygens (including phenoxy) is 1. The molecule has 0 bridgehead atoms. The molecule has 2 aromatic rings. The molecule has 0 aromatic heterocycles. The van der Waals surface area contributed by atoms with Crippen molar-refractivity contribution in [2.45, 2.75) is 38.6 Å². The molecule has 1 atom stereocenters. The minimum Gasteiger partial charge on any atom is -0.495 e. The summed E-state index contributed by atoms with van der Waals surface area (Å²) in [5, 5.41) is 3.06. The van der Waals surface area contributed by atoms with Crippen molar-refractivity contribution in [1.29, 1.82) is 0 Å². The number of nitrogens with zero attached hydrogens (tertiary/aromatic N) is 1. The van der Waals surface area contributed by atoms with Crippen LogP contribution in [0.4, 0.5) is 0 Å². The number of likely N-dealkylation sites (N-methyl/N-ethyl adjacent to an activating group) is 1. The van der Waals surface area contributed by atoms with Crippen LogP contribution in [-0.2, 0) is 14.8 Å². The number of nitrogens with one attached hydrogen (secondary N) is 1. The molecule has 0 saturated carbocycles. The minimum absolute atomic E-state index is 0.00310. The Bertz CT molecular complexity index is 1020. The molecule has 0 fully saturated rings. The molecule has 0 aliphatic rings. The average molecular weight is 439 g/mol. The van der Waals surface area contributed by atoms with E-state index in [4.69, 9.17) is 16.3 Å². The van der Waals surface area contributed by atoms with Gasteiger partial charge >= 0.3 is 0 Å². The van der Waals surface area contributed by atoms with Gasteiger partial charge in [-0.25, -0.2) is 8.42 Å². The van der Waals surface area contributed by atoms with E-state index in [2.05, 4.69) is 17.4 Å². The lowest BCUT2D eigenvalue weighted by atomic mass is 9.96. The number of hydrogen-bond acceptors (Lipinski definition) is 4. The number of carbonyl (C=O) groups excluding carboxylic acids is 1. The first-order valence-electron chi connectivity index (χ1n) is 9.14. The second-order valence-corrected chi connectivity index (χ2v) is 9.59. The molecule has 0 saturated heterocycles. The van der Waals surface area contributed by atoms with Gasteiger partial charge in [0, 0.05) is 7.05 Å². The molecule has 0 heterocycles. The summed E-state index contributed by atoms with van der Waals surface area (Å²) in [5.41, 5.74) is 4.42. The van der Waals surface area contributed by atoms with Gasteiger partial charge in [0.2, 0.25) is 15.9 Å². The van der Waals surface area contributed by atoms with Crippen molar-refractivity contribution >= 4 is 27.5 Å². The second-order valence-electron chi connectivity index (χ2n) is 7.14. The summed E-state index contributed by atoms with van der Waals surface area (Å²) in [6.45, 7) is 7.63. The van der Waals surface area contributed by atoms with E-state index in [1.807, 2.05) is 27.7 Å². The summed E-state index contributed by atoms with van der Waals surface area (Å²) in [7, 11) is -1.06. The molecule has 0 aliphatic heterocycles. The van der Waals surface area contributed by atoms with E-state index in [-0.39, 0.29) is 28.4 Å². The predicted octanol–water partition coefficient (Wildman–Crippen LogP) is 3.77. The number of aryl methyl sites for hydroxylation is 3. The van der Waals surface area contributed by atoms with Crippen molar-refractivity contribution in [3.63, 3.8) is 0 Å². The van der Waals surface area contributed by atoms with Crippen LogP contribution >= 0.6 is 11.6 Å². The molecule has 158 valence electrons. The number of methoxy groups -OCH3 is 1. The Morgan fingerprint density at radius 1 is 1.14 bits per heavy atom. The zero-order valence-corrected chi connectivity index (χ0v) is 19.1. The number of hydrogen-bond donors (Lipinski definition) is 1. The van der Waals surface area contributed by atoms with Gasteiger partial charge in [-0.2, -0.15) is 4.31 Å². The van der Waals surface area contributed by atoms with Gasteiger partial charge in [0.1, 0.15) is 5.75 Å². The highest BCUT2D eigenvalue weighted by atomic mass is 35.5. The number of rotatable bonds is 7. The van der Waals surface area contributed by atoms with Crippen molar-refractivity contribution in [2.75, 3.05) is 20.7 Å². The maximum Gasteiger partial charge on any atom is 0.243 e. The molecule has 1 amide bonds. The van der Waals surface area contributed by atoms with Gasteiger partial charge in [-0.3, -0.25) is 4.79 Å². The van der Waals surface area contributed by atoms with Gasteiger partial charge in [-0.1, -0.05) is 23.7 Å². The first-order chi connectivity index (χ1) is 13.5. The van der Waals surface area contributed by atoms with Gasteiger partial charge in [-0.15, -0.1) is 0 Å². The molecule has 0 radical (unpaired) electrons. The quantitative estimate of drug-likeness (QED) is 0.713. The third kappa shape index (κ3) is 5.29. The highest BCUT2D eigenvalue weighted by Gasteiger charge is 2.25. The van der Waals surface area contributed by atoms with Crippen LogP contribution in [0.25, 0.3) is 0 Å². The molecular weight excluding hydrogens is 412 g/mol. The van der Waals surface area contributed by atoms with E-state index in [1.165, 1.54) is 37.9 Å². The van der Waals surface area contributed by atoms with E-state index in [1.54, 1.807) is 0 Å². The largest absolute Gasteiger partial charge is 0.495 e. The summed E-state index contributed by atoms with van der Waals surface area (Å²) >= 11 is 6.03. The molecule has 2 aromatic carbocycles. The Morgan fingerprint density at radius 2 is 1.76 bits per heavy atom. The van der Waals surface area contributed by atoms with Crippen LogP contribution in [0.5, 0.6) is 5.75 Å². The maximum atomic E-state index is 12.8. The third-order valence-electron chi connectivity index (χ3n) is 4.92. The summed E-state index contributed by atoms with van der Waals surface area (Å²) in [6.07, 6.45) is 0. The Hall–Kier alpha value is -2.09.